The molecule has 2 aliphatic carbocycles. The Hall–Kier alpha value is -8.32. The molecule has 0 unspecified atom stereocenters. The maximum Gasteiger partial charge on any atom is 0.0714 e. The van der Waals surface area contributed by atoms with Gasteiger partial charge in [-0.1, -0.05) is 237 Å². The van der Waals surface area contributed by atoms with E-state index in [0.717, 1.165) is 0 Å². The Morgan fingerprint density at radius 2 is 0.636 bits per heavy atom. The molecule has 0 radical (unpaired) electrons. The van der Waals surface area contributed by atoms with E-state index in [0.29, 0.717) is 0 Å². The lowest BCUT2D eigenvalue weighted by molar-refractivity contribution is 0.769. The average Bonchev–Trinajstić information content (AvgIpc) is 3.87. The molecular weight excluding hydrogens is 793 g/mol. The van der Waals surface area contributed by atoms with Crippen molar-refractivity contribution in [3.8, 4) is 33.4 Å². The highest BCUT2D eigenvalue weighted by Gasteiger charge is 2.47. The molecule has 0 heterocycles. The molecule has 0 spiro atoms. The molecule has 0 fully saturated rings. The molecule has 0 amide bonds. The summed E-state index contributed by atoms with van der Waals surface area (Å²) in [4.78, 5) is 0. The van der Waals surface area contributed by atoms with Gasteiger partial charge in [0.2, 0.25) is 0 Å². The van der Waals surface area contributed by atoms with Crippen LogP contribution in [-0.2, 0) is 10.8 Å². The Morgan fingerprint density at radius 1 is 0.227 bits per heavy atom. The Morgan fingerprint density at radius 3 is 1.20 bits per heavy atom. The van der Waals surface area contributed by atoms with Gasteiger partial charge >= 0.3 is 0 Å². The van der Waals surface area contributed by atoms with Crippen LogP contribution in [0.15, 0.2) is 255 Å². The largest absolute Gasteiger partial charge is 0.0714 e. The third-order valence-corrected chi connectivity index (χ3v) is 15.1. The van der Waals surface area contributed by atoms with E-state index in [9.17, 15) is 0 Å². The normalized spacial score (nSPS) is 14.0. The lowest BCUT2D eigenvalue weighted by Crippen LogP contribution is -2.28. The van der Waals surface area contributed by atoms with Gasteiger partial charge in [0.15, 0.2) is 0 Å². The zero-order valence-electron chi connectivity index (χ0n) is 36.2. The van der Waals surface area contributed by atoms with E-state index >= 15 is 0 Å². The number of hydrogen-bond donors (Lipinski definition) is 0. The van der Waals surface area contributed by atoms with Crippen LogP contribution in [0.1, 0.15) is 44.5 Å². The second-order valence-corrected chi connectivity index (χ2v) is 18.2. The third-order valence-electron chi connectivity index (χ3n) is 15.1. The molecule has 0 N–H and O–H groups in total. The maximum absolute atomic E-state index is 2.55. The Kier molecular flexibility index (Phi) is 7.92. The average molecular weight is 835 g/mol. The summed E-state index contributed by atoms with van der Waals surface area (Å²) in [5.41, 5.74) is 17.0. The number of fused-ring (bicyclic) bond motifs is 5. The summed E-state index contributed by atoms with van der Waals surface area (Å²) in [6.07, 6.45) is 0. The smallest absolute Gasteiger partial charge is 0.0622 e. The van der Waals surface area contributed by atoms with Crippen molar-refractivity contribution in [3.63, 3.8) is 0 Å². The first-order chi connectivity index (χ1) is 32.8. The lowest BCUT2D eigenvalue weighted by Gasteiger charge is -2.34. The van der Waals surface area contributed by atoms with E-state index in [2.05, 4.69) is 255 Å². The molecule has 306 valence electrons. The number of benzene rings is 12. The topological polar surface area (TPSA) is 0 Å². The molecule has 12 aromatic rings. The van der Waals surface area contributed by atoms with Crippen LogP contribution in [0, 0.1) is 0 Å². The number of hydrogen-bond acceptors (Lipinski definition) is 0. The standard InChI is InChI=1S/C66H42/c1-5-21-47(22-6-1)65(48-23-7-2-8-24-48)57-34-18-17-29-51(57)52-39-38-45(41-59(52)65)61-53-30-13-15-32-55(53)62(56-33-16-14-31-54(56)61)46-40-44-37-36-43-20-19-35-58-63(43)64(44)60(42-46)66(58,49-25-9-3-10-26-49)50-27-11-4-12-28-50/h1-42H. The van der Waals surface area contributed by atoms with E-state index < -0.39 is 10.8 Å². The summed E-state index contributed by atoms with van der Waals surface area (Å²) in [5, 5.41) is 10.3. The van der Waals surface area contributed by atoms with Crippen LogP contribution in [0.4, 0.5) is 0 Å². The summed E-state index contributed by atoms with van der Waals surface area (Å²) >= 11 is 0. The predicted molar refractivity (Wildman–Crippen MR) is 277 cm³/mol. The van der Waals surface area contributed by atoms with Gasteiger partial charge in [0.05, 0.1) is 10.8 Å². The second-order valence-electron chi connectivity index (χ2n) is 18.2. The fraction of sp³-hybridized carbons (Fsp3) is 0.0303. The van der Waals surface area contributed by atoms with Crippen molar-refractivity contribution in [2.24, 2.45) is 0 Å². The predicted octanol–water partition coefficient (Wildman–Crippen LogP) is 16.7. The summed E-state index contributed by atoms with van der Waals surface area (Å²) in [6, 6.07) is 95.9. The third kappa shape index (κ3) is 4.88. The fourth-order valence-corrected chi connectivity index (χ4v) is 12.7. The minimum absolute atomic E-state index is 0.489. The van der Waals surface area contributed by atoms with Crippen LogP contribution in [0.5, 0.6) is 0 Å². The van der Waals surface area contributed by atoms with Crippen LogP contribution in [0.3, 0.4) is 0 Å². The highest BCUT2D eigenvalue weighted by molar-refractivity contribution is 6.23. The van der Waals surface area contributed by atoms with Gasteiger partial charge < -0.3 is 0 Å². The van der Waals surface area contributed by atoms with E-state index in [-0.39, 0.29) is 0 Å². The second kappa shape index (κ2) is 14.1. The van der Waals surface area contributed by atoms with E-state index in [1.165, 1.54) is 121 Å². The van der Waals surface area contributed by atoms with E-state index in [4.69, 9.17) is 0 Å². The van der Waals surface area contributed by atoms with Crippen LogP contribution >= 0.6 is 0 Å². The van der Waals surface area contributed by atoms with Crippen molar-refractivity contribution in [2.75, 3.05) is 0 Å². The van der Waals surface area contributed by atoms with Gasteiger partial charge in [0, 0.05) is 0 Å². The summed E-state index contributed by atoms with van der Waals surface area (Å²) < 4.78 is 0. The molecule has 0 aliphatic heterocycles. The molecule has 0 saturated carbocycles. The molecule has 12 aromatic carbocycles. The van der Waals surface area contributed by atoms with Crippen molar-refractivity contribution < 1.29 is 0 Å². The molecule has 66 heavy (non-hydrogen) atoms. The summed E-state index contributed by atoms with van der Waals surface area (Å²) in [7, 11) is 0. The van der Waals surface area contributed by atoms with Crippen LogP contribution in [-0.4, -0.2) is 0 Å². The highest BCUT2D eigenvalue weighted by Crippen LogP contribution is 2.59. The zero-order valence-corrected chi connectivity index (χ0v) is 36.2. The van der Waals surface area contributed by atoms with Crippen molar-refractivity contribution in [1.82, 2.24) is 0 Å². The van der Waals surface area contributed by atoms with Gasteiger partial charge in [-0.05, 0) is 139 Å². The van der Waals surface area contributed by atoms with Gasteiger partial charge in [-0.25, -0.2) is 0 Å². The molecular formula is C66H42. The molecule has 0 aromatic heterocycles. The maximum atomic E-state index is 2.55. The minimum atomic E-state index is -0.502. The van der Waals surface area contributed by atoms with Crippen LogP contribution in [0.25, 0.3) is 76.5 Å². The van der Waals surface area contributed by atoms with Crippen molar-refractivity contribution in [3.05, 3.63) is 299 Å². The van der Waals surface area contributed by atoms with Crippen LogP contribution in [0.2, 0.25) is 0 Å². The van der Waals surface area contributed by atoms with Crippen molar-refractivity contribution >= 4 is 43.1 Å². The Balaban J connectivity index is 1.06. The molecule has 14 rings (SSSR count). The molecule has 0 bridgehead atoms. The van der Waals surface area contributed by atoms with E-state index in [1.54, 1.807) is 0 Å². The highest BCUT2D eigenvalue weighted by atomic mass is 14.5. The Labute approximate surface area is 384 Å². The zero-order chi connectivity index (χ0) is 43.4. The Bertz CT molecular complexity index is 3770. The minimum Gasteiger partial charge on any atom is -0.0622 e. The molecule has 0 atom stereocenters. The summed E-state index contributed by atoms with van der Waals surface area (Å²) in [5.74, 6) is 0. The first-order valence-electron chi connectivity index (χ1n) is 23.2. The molecule has 0 saturated heterocycles. The SMILES string of the molecule is c1ccc(C2(c3ccccc3)c3ccccc3-c3ccc(-c4c5ccccc5c(-c5cc6c7c(ccc8cccc(c87)C6(c6ccccc6)c6ccccc6)c5)c5ccccc45)cc32)cc1. The molecule has 0 heteroatoms. The van der Waals surface area contributed by atoms with Gasteiger partial charge in [-0.3, -0.25) is 0 Å². The van der Waals surface area contributed by atoms with Crippen molar-refractivity contribution in [1.29, 1.82) is 0 Å². The monoisotopic (exact) mass is 834 g/mol. The summed E-state index contributed by atoms with van der Waals surface area (Å²) in [6.45, 7) is 0. The van der Waals surface area contributed by atoms with Crippen LogP contribution < -0.4 is 0 Å². The number of rotatable bonds is 6. The van der Waals surface area contributed by atoms with E-state index in [1.807, 2.05) is 0 Å². The van der Waals surface area contributed by atoms with Gasteiger partial charge in [0.25, 0.3) is 0 Å². The lowest BCUT2D eigenvalue weighted by atomic mass is 9.67. The van der Waals surface area contributed by atoms with Gasteiger partial charge in [-0.2, -0.15) is 0 Å². The first kappa shape index (κ1) is 37.1. The van der Waals surface area contributed by atoms with Gasteiger partial charge in [0.1, 0.15) is 0 Å². The molecule has 2 aliphatic rings. The first-order valence-corrected chi connectivity index (χ1v) is 23.2. The van der Waals surface area contributed by atoms with Gasteiger partial charge in [-0.15, -0.1) is 0 Å². The van der Waals surface area contributed by atoms with Crippen molar-refractivity contribution in [2.45, 2.75) is 10.8 Å². The molecule has 0 nitrogen and oxygen atoms in total. The quantitative estimate of drug-likeness (QED) is 0.116. The fourth-order valence-electron chi connectivity index (χ4n) is 12.7.